The number of aryl methyl sites for hydroxylation is 1. The maximum atomic E-state index is 13.6. The number of halogens is 2. The number of carbonyl (C=O) groups is 1. The van der Waals surface area contributed by atoms with Crippen LogP contribution in [0.15, 0.2) is 18.2 Å². The highest BCUT2D eigenvalue weighted by atomic mass is 32.2. The van der Waals surface area contributed by atoms with Crippen LogP contribution in [0.3, 0.4) is 0 Å². The summed E-state index contributed by atoms with van der Waals surface area (Å²) in [5, 5.41) is 6.93. The highest BCUT2D eigenvalue weighted by Gasteiger charge is 2.31. The molecule has 0 saturated carbocycles. The monoisotopic (exact) mass is 397 g/mol. The fraction of sp³-hybridized carbons (Fsp3) is 0.444. The normalized spacial score (nSPS) is 18.6. The average Bonchev–Trinajstić information content (AvgIpc) is 3.08. The lowest BCUT2D eigenvalue weighted by Crippen LogP contribution is -2.26. The first kappa shape index (κ1) is 19.5. The minimum atomic E-state index is -3.05. The fourth-order valence-electron chi connectivity index (χ4n) is 3.39. The second kappa shape index (κ2) is 7.38. The summed E-state index contributed by atoms with van der Waals surface area (Å²) in [4.78, 5) is 12.3. The van der Waals surface area contributed by atoms with Crippen molar-refractivity contribution in [1.82, 2.24) is 15.1 Å². The maximum absolute atomic E-state index is 13.6. The predicted molar refractivity (Wildman–Crippen MR) is 95.9 cm³/mol. The number of rotatable bonds is 5. The Morgan fingerprint density at radius 3 is 2.52 bits per heavy atom. The maximum Gasteiger partial charge on any atom is 0.224 e. The van der Waals surface area contributed by atoms with E-state index in [0.29, 0.717) is 17.7 Å². The molecule has 1 amide bonds. The summed E-state index contributed by atoms with van der Waals surface area (Å²) in [6.07, 6.45) is 0.510. The van der Waals surface area contributed by atoms with Crippen LogP contribution < -0.4 is 5.32 Å². The van der Waals surface area contributed by atoms with Crippen molar-refractivity contribution in [1.29, 1.82) is 0 Å². The van der Waals surface area contributed by atoms with E-state index in [1.165, 1.54) is 6.07 Å². The third-order valence-corrected chi connectivity index (χ3v) is 6.64. The Hall–Kier alpha value is -2.29. The van der Waals surface area contributed by atoms with E-state index in [0.717, 1.165) is 17.8 Å². The zero-order valence-electron chi connectivity index (χ0n) is 15.1. The standard InChI is InChI=1S/C18H21F2N3O3S/c1-11-14(12(2)23(22-11)13-6-7-27(25,26)10-13)8-18(24)21-9-15-16(19)4-3-5-17(15)20/h3-5,13H,6-10H2,1-2H3,(H,21,24). The highest BCUT2D eigenvalue weighted by molar-refractivity contribution is 7.91. The molecular formula is C18H21F2N3O3S. The zero-order valence-corrected chi connectivity index (χ0v) is 15.9. The van der Waals surface area contributed by atoms with E-state index in [4.69, 9.17) is 0 Å². The van der Waals surface area contributed by atoms with Crippen molar-refractivity contribution in [3.63, 3.8) is 0 Å². The van der Waals surface area contributed by atoms with Gasteiger partial charge in [0, 0.05) is 23.4 Å². The van der Waals surface area contributed by atoms with Gasteiger partial charge in [-0.25, -0.2) is 17.2 Å². The van der Waals surface area contributed by atoms with Crippen molar-refractivity contribution < 1.29 is 22.0 Å². The first-order valence-corrected chi connectivity index (χ1v) is 10.4. The van der Waals surface area contributed by atoms with Gasteiger partial charge in [-0.3, -0.25) is 9.48 Å². The van der Waals surface area contributed by atoms with Gasteiger partial charge in [-0.05, 0) is 32.4 Å². The van der Waals surface area contributed by atoms with Crippen LogP contribution in [0.25, 0.3) is 0 Å². The first-order valence-electron chi connectivity index (χ1n) is 8.62. The Balaban J connectivity index is 1.70. The number of nitrogens with zero attached hydrogens (tertiary/aromatic N) is 2. The van der Waals surface area contributed by atoms with Gasteiger partial charge >= 0.3 is 0 Å². The number of hydrogen-bond donors (Lipinski definition) is 1. The Kier molecular flexibility index (Phi) is 5.32. The van der Waals surface area contributed by atoms with Crippen molar-refractivity contribution in [2.75, 3.05) is 11.5 Å². The van der Waals surface area contributed by atoms with Crippen LogP contribution in [0.2, 0.25) is 0 Å². The van der Waals surface area contributed by atoms with Gasteiger partial charge in [-0.15, -0.1) is 0 Å². The molecular weight excluding hydrogens is 376 g/mol. The van der Waals surface area contributed by atoms with E-state index in [9.17, 15) is 22.0 Å². The SMILES string of the molecule is Cc1nn(C2CCS(=O)(=O)C2)c(C)c1CC(=O)NCc1c(F)cccc1F. The summed E-state index contributed by atoms with van der Waals surface area (Å²) in [5.74, 6) is -1.62. The Morgan fingerprint density at radius 1 is 1.26 bits per heavy atom. The molecule has 27 heavy (non-hydrogen) atoms. The number of nitrogens with one attached hydrogen (secondary N) is 1. The van der Waals surface area contributed by atoms with Gasteiger partial charge in [-0.1, -0.05) is 6.07 Å². The average molecular weight is 397 g/mol. The summed E-state index contributed by atoms with van der Waals surface area (Å²) < 4.78 is 52.4. The minimum absolute atomic E-state index is 0.00715. The van der Waals surface area contributed by atoms with Crippen molar-refractivity contribution in [2.45, 2.75) is 39.3 Å². The van der Waals surface area contributed by atoms with Crippen LogP contribution in [0, 0.1) is 25.5 Å². The van der Waals surface area contributed by atoms with Gasteiger partial charge < -0.3 is 5.32 Å². The molecule has 1 aromatic heterocycles. The molecule has 0 radical (unpaired) electrons. The molecule has 2 aromatic rings. The molecule has 1 aliphatic rings. The largest absolute Gasteiger partial charge is 0.352 e. The number of carbonyl (C=O) groups excluding carboxylic acids is 1. The summed E-state index contributed by atoms with van der Waals surface area (Å²) in [7, 11) is -3.05. The number of aromatic nitrogens is 2. The van der Waals surface area contributed by atoms with Gasteiger partial charge in [0.2, 0.25) is 5.91 Å². The second-order valence-corrected chi connectivity index (χ2v) is 9.03. The molecule has 1 unspecified atom stereocenters. The smallest absolute Gasteiger partial charge is 0.224 e. The van der Waals surface area contributed by atoms with Gasteiger partial charge in [0.1, 0.15) is 11.6 Å². The summed E-state index contributed by atoms with van der Waals surface area (Å²) >= 11 is 0. The number of amides is 1. The first-order chi connectivity index (χ1) is 12.7. The van der Waals surface area contributed by atoms with Crippen molar-refractivity contribution in [3.8, 4) is 0 Å². The van der Waals surface area contributed by atoms with Crippen LogP contribution in [-0.4, -0.2) is 35.6 Å². The van der Waals surface area contributed by atoms with Crippen molar-refractivity contribution in [3.05, 3.63) is 52.3 Å². The molecule has 2 heterocycles. The van der Waals surface area contributed by atoms with Crippen LogP contribution in [-0.2, 0) is 27.6 Å². The van der Waals surface area contributed by atoms with Gasteiger partial charge in [-0.2, -0.15) is 5.10 Å². The van der Waals surface area contributed by atoms with Gasteiger partial charge in [0.05, 0.1) is 29.7 Å². The number of hydrogen-bond acceptors (Lipinski definition) is 4. The number of benzene rings is 1. The molecule has 3 rings (SSSR count). The van der Waals surface area contributed by atoms with Gasteiger partial charge in [0.15, 0.2) is 9.84 Å². The molecule has 9 heteroatoms. The molecule has 0 bridgehead atoms. The van der Waals surface area contributed by atoms with Crippen LogP contribution in [0.4, 0.5) is 8.78 Å². The molecule has 1 aliphatic heterocycles. The molecule has 146 valence electrons. The van der Waals surface area contributed by atoms with Crippen LogP contribution in [0.1, 0.15) is 35.0 Å². The number of sulfone groups is 1. The molecule has 1 atom stereocenters. The molecule has 1 saturated heterocycles. The molecule has 0 aliphatic carbocycles. The lowest BCUT2D eigenvalue weighted by molar-refractivity contribution is -0.120. The van der Waals surface area contributed by atoms with E-state index in [1.54, 1.807) is 18.5 Å². The second-order valence-electron chi connectivity index (χ2n) is 6.80. The quantitative estimate of drug-likeness (QED) is 0.837. The third-order valence-electron chi connectivity index (χ3n) is 4.89. The summed E-state index contributed by atoms with van der Waals surface area (Å²) in [6, 6.07) is 3.32. The van der Waals surface area contributed by atoms with E-state index < -0.39 is 21.5 Å². The lowest BCUT2D eigenvalue weighted by Gasteiger charge is -2.11. The van der Waals surface area contributed by atoms with Crippen LogP contribution >= 0.6 is 0 Å². The molecule has 1 aromatic carbocycles. The van der Waals surface area contributed by atoms with E-state index in [1.807, 2.05) is 0 Å². The van der Waals surface area contributed by atoms with E-state index in [-0.39, 0.29) is 42.0 Å². The molecule has 1 N–H and O–H groups in total. The van der Waals surface area contributed by atoms with E-state index >= 15 is 0 Å². The summed E-state index contributed by atoms with van der Waals surface area (Å²) in [5.41, 5.74) is 1.89. The predicted octanol–water partition coefficient (Wildman–Crippen LogP) is 2.00. The van der Waals surface area contributed by atoms with Gasteiger partial charge in [0.25, 0.3) is 0 Å². The van der Waals surface area contributed by atoms with E-state index in [2.05, 4.69) is 10.4 Å². The minimum Gasteiger partial charge on any atom is -0.352 e. The summed E-state index contributed by atoms with van der Waals surface area (Å²) in [6.45, 7) is 3.31. The molecule has 6 nitrogen and oxygen atoms in total. The topological polar surface area (TPSA) is 81.1 Å². The lowest BCUT2D eigenvalue weighted by atomic mass is 10.1. The van der Waals surface area contributed by atoms with Crippen LogP contribution in [0.5, 0.6) is 0 Å². The Labute approximate surface area is 156 Å². The Morgan fingerprint density at radius 2 is 1.93 bits per heavy atom. The third kappa shape index (κ3) is 4.18. The Bertz CT molecular complexity index is 966. The van der Waals surface area contributed by atoms with Crippen molar-refractivity contribution >= 4 is 15.7 Å². The zero-order chi connectivity index (χ0) is 19.8. The molecule has 1 fully saturated rings. The fourth-order valence-corrected chi connectivity index (χ4v) is 5.08. The van der Waals surface area contributed by atoms with Crippen molar-refractivity contribution in [2.24, 2.45) is 0 Å². The molecule has 0 spiro atoms. The highest BCUT2D eigenvalue weighted by Crippen LogP contribution is 2.27.